The molecule has 10 heteroatoms. The topological polar surface area (TPSA) is 108 Å². The summed E-state index contributed by atoms with van der Waals surface area (Å²) >= 11 is 1.12. The zero-order chi connectivity index (χ0) is 17.6. The van der Waals surface area contributed by atoms with E-state index in [2.05, 4.69) is 11.9 Å². The molecule has 0 aliphatic carbocycles. The number of amides is 1. The van der Waals surface area contributed by atoms with Gasteiger partial charge in [0.05, 0.1) is 16.7 Å². The molecule has 3 aliphatic rings. The molecule has 0 bridgehead atoms. The van der Waals surface area contributed by atoms with Gasteiger partial charge in [0.25, 0.3) is 0 Å². The Morgan fingerprint density at radius 1 is 1.48 bits per heavy atom. The number of hydrogen-bond donors (Lipinski definition) is 1. The maximum atomic E-state index is 11.5. The SMILES string of the molecule is C=C(NC(C)=O)SC1=C(C(=O)[O-])N2CC(C3(C)COC(=O)O3)C2C1.[Na+]. The molecule has 1 N–H and O–H groups in total. The molecule has 25 heavy (non-hydrogen) atoms. The van der Waals surface area contributed by atoms with Gasteiger partial charge in [-0.1, -0.05) is 18.3 Å². The standard InChI is InChI=1S/C15H18N2O6S.Na/c1-7(18)16-8(2)24-11-4-10-9(5-17(10)12(11)13(19)20)15(3)6-22-14(21)23-15;/h9-10H,2,4-6H2,1,3H3,(H,16,18)(H,19,20);/q;+1/p-1. The molecule has 0 spiro atoms. The second kappa shape index (κ2) is 7.22. The minimum Gasteiger partial charge on any atom is -0.543 e. The molecule has 3 unspecified atom stereocenters. The third-order valence-electron chi connectivity index (χ3n) is 4.54. The predicted octanol–water partition coefficient (Wildman–Crippen LogP) is -3.08. The molecule has 0 saturated carbocycles. The molecule has 3 atom stereocenters. The van der Waals surface area contributed by atoms with E-state index in [0.29, 0.717) is 22.9 Å². The molecule has 8 nitrogen and oxygen atoms in total. The van der Waals surface area contributed by atoms with Gasteiger partial charge in [0.15, 0.2) is 5.60 Å². The number of hydrogen-bond acceptors (Lipinski definition) is 8. The van der Waals surface area contributed by atoms with Crippen molar-refractivity contribution in [3.8, 4) is 0 Å². The van der Waals surface area contributed by atoms with Crippen LogP contribution in [0.15, 0.2) is 22.2 Å². The van der Waals surface area contributed by atoms with Crippen molar-refractivity contribution in [1.82, 2.24) is 10.2 Å². The minimum atomic E-state index is -1.26. The predicted molar refractivity (Wildman–Crippen MR) is 82.0 cm³/mol. The van der Waals surface area contributed by atoms with E-state index >= 15 is 0 Å². The fourth-order valence-corrected chi connectivity index (χ4v) is 4.47. The molecular weight excluding hydrogens is 359 g/mol. The minimum absolute atomic E-state index is 0. The average Bonchev–Trinajstić information content (AvgIpc) is 2.89. The Morgan fingerprint density at radius 2 is 2.16 bits per heavy atom. The first-order valence-corrected chi connectivity index (χ1v) is 8.24. The summed E-state index contributed by atoms with van der Waals surface area (Å²) in [5.74, 6) is -1.57. The summed E-state index contributed by atoms with van der Waals surface area (Å²) in [5.41, 5.74) is -0.647. The molecule has 0 aromatic heterocycles. The van der Waals surface area contributed by atoms with Crippen LogP contribution in [-0.2, 0) is 19.1 Å². The number of rotatable bonds is 5. The number of nitrogens with zero attached hydrogens (tertiary/aromatic N) is 1. The van der Waals surface area contributed by atoms with Gasteiger partial charge in [-0.25, -0.2) is 4.79 Å². The van der Waals surface area contributed by atoms with E-state index in [4.69, 9.17) is 9.47 Å². The molecule has 3 aliphatic heterocycles. The fourth-order valence-electron chi connectivity index (χ4n) is 3.43. The van der Waals surface area contributed by atoms with E-state index in [1.165, 1.54) is 6.92 Å². The Hall–Kier alpha value is -1.16. The Bertz CT molecular complexity index is 681. The van der Waals surface area contributed by atoms with Gasteiger partial charge in [0, 0.05) is 36.8 Å². The molecule has 3 heterocycles. The number of thioether (sulfide) groups is 1. The summed E-state index contributed by atoms with van der Waals surface area (Å²) in [5, 5.41) is 14.4. The summed E-state index contributed by atoms with van der Waals surface area (Å²) in [4.78, 5) is 36.2. The first-order chi connectivity index (χ1) is 11.2. The summed E-state index contributed by atoms with van der Waals surface area (Å²) < 4.78 is 10.2. The monoisotopic (exact) mass is 376 g/mol. The maximum Gasteiger partial charge on any atom is 1.00 e. The first-order valence-electron chi connectivity index (χ1n) is 7.42. The van der Waals surface area contributed by atoms with Crippen LogP contribution in [0.5, 0.6) is 0 Å². The van der Waals surface area contributed by atoms with Gasteiger partial charge in [0.2, 0.25) is 5.91 Å². The molecule has 0 aromatic carbocycles. The number of carbonyl (C=O) groups is 3. The maximum absolute atomic E-state index is 11.5. The number of ether oxygens (including phenoxy) is 2. The number of carbonyl (C=O) groups excluding carboxylic acids is 3. The van der Waals surface area contributed by atoms with Crippen LogP contribution >= 0.6 is 11.8 Å². The van der Waals surface area contributed by atoms with Crippen molar-refractivity contribution in [3.05, 3.63) is 22.2 Å². The van der Waals surface area contributed by atoms with Crippen molar-refractivity contribution >= 4 is 29.8 Å². The Labute approximate surface area is 171 Å². The van der Waals surface area contributed by atoms with Crippen LogP contribution in [0.4, 0.5) is 4.79 Å². The summed E-state index contributed by atoms with van der Waals surface area (Å²) in [6.07, 6.45) is -0.236. The van der Waals surface area contributed by atoms with Crippen LogP contribution < -0.4 is 40.0 Å². The van der Waals surface area contributed by atoms with Gasteiger partial charge < -0.3 is 29.6 Å². The molecule has 0 radical (unpaired) electrons. The fraction of sp³-hybridized carbons (Fsp3) is 0.533. The van der Waals surface area contributed by atoms with Crippen LogP contribution in [0.25, 0.3) is 0 Å². The molecule has 3 rings (SSSR count). The van der Waals surface area contributed by atoms with E-state index < -0.39 is 17.7 Å². The number of nitrogens with one attached hydrogen (secondary N) is 1. The second-order valence-electron chi connectivity index (χ2n) is 6.25. The van der Waals surface area contributed by atoms with Gasteiger partial charge in [-0.3, -0.25) is 4.79 Å². The van der Waals surface area contributed by atoms with E-state index in [1.807, 2.05) is 0 Å². The van der Waals surface area contributed by atoms with Gasteiger partial charge in [0.1, 0.15) is 6.61 Å². The van der Waals surface area contributed by atoms with Crippen LogP contribution in [0.1, 0.15) is 20.3 Å². The number of carboxylic acid groups (broad SMARTS) is 1. The van der Waals surface area contributed by atoms with E-state index in [1.54, 1.807) is 11.8 Å². The van der Waals surface area contributed by atoms with Gasteiger partial charge >= 0.3 is 35.7 Å². The van der Waals surface area contributed by atoms with E-state index in [0.717, 1.165) is 11.8 Å². The smallest absolute Gasteiger partial charge is 0.543 e. The van der Waals surface area contributed by atoms with Crippen molar-refractivity contribution in [2.24, 2.45) is 5.92 Å². The molecule has 0 aromatic rings. The van der Waals surface area contributed by atoms with Crippen LogP contribution in [0.3, 0.4) is 0 Å². The van der Waals surface area contributed by atoms with Crippen LogP contribution in [0.2, 0.25) is 0 Å². The Morgan fingerprint density at radius 3 is 2.68 bits per heavy atom. The van der Waals surface area contributed by atoms with E-state index in [9.17, 15) is 19.5 Å². The molecule has 2 saturated heterocycles. The largest absolute Gasteiger partial charge is 1.00 e. The Balaban J connectivity index is 0.00000225. The zero-order valence-electron chi connectivity index (χ0n) is 14.3. The molecule has 2 fully saturated rings. The summed E-state index contributed by atoms with van der Waals surface area (Å²) in [6, 6.07) is -0.106. The van der Waals surface area contributed by atoms with Crippen molar-refractivity contribution in [1.29, 1.82) is 0 Å². The third-order valence-corrected chi connectivity index (χ3v) is 5.49. The Kier molecular flexibility index (Phi) is 5.82. The van der Waals surface area contributed by atoms with Crippen LogP contribution in [0, 0.1) is 5.92 Å². The number of carboxylic acids is 1. The molecular formula is C15H17N2NaO6S. The zero-order valence-corrected chi connectivity index (χ0v) is 17.1. The van der Waals surface area contributed by atoms with Crippen molar-refractivity contribution in [2.45, 2.75) is 31.9 Å². The first kappa shape index (κ1) is 20.2. The summed E-state index contributed by atoms with van der Waals surface area (Å²) in [7, 11) is 0. The number of aliphatic carboxylic acids is 1. The van der Waals surface area contributed by atoms with E-state index in [-0.39, 0.29) is 59.7 Å². The molecule has 1 amide bonds. The van der Waals surface area contributed by atoms with Crippen molar-refractivity contribution in [2.75, 3.05) is 13.2 Å². The normalized spacial score (nSPS) is 29.8. The quantitative estimate of drug-likeness (QED) is 0.398. The van der Waals surface area contributed by atoms with Crippen molar-refractivity contribution in [3.63, 3.8) is 0 Å². The van der Waals surface area contributed by atoms with Crippen molar-refractivity contribution < 1.29 is 58.5 Å². The van der Waals surface area contributed by atoms with Gasteiger partial charge in [-0.2, -0.15) is 0 Å². The third kappa shape index (κ3) is 3.69. The second-order valence-corrected chi connectivity index (χ2v) is 7.44. The van der Waals surface area contributed by atoms with Gasteiger partial charge in [-0.05, 0) is 6.92 Å². The molecule has 130 valence electrons. The number of fused-ring (bicyclic) bond motifs is 1. The number of cyclic esters (lactones) is 2. The average molecular weight is 376 g/mol. The van der Waals surface area contributed by atoms with Gasteiger partial charge in [-0.15, -0.1) is 0 Å². The summed E-state index contributed by atoms with van der Waals surface area (Å²) in [6.45, 7) is 7.46. The van der Waals surface area contributed by atoms with Crippen LogP contribution in [-0.4, -0.2) is 47.7 Å².